The third-order valence-electron chi connectivity index (χ3n) is 2.36. The summed E-state index contributed by atoms with van der Waals surface area (Å²) in [7, 11) is 0. The van der Waals surface area contributed by atoms with Crippen molar-refractivity contribution in [3.63, 3.8) is 0 Å². The van der Waals surface area contributed by atoms with Crippen LogP contribution in [0.3, 0.4) is 0 Å². The van der Waals surface area contributed by atoms with Crippen molar-refractivity contribution in [2.45, 2.75) is 20.4 Å². The van der Waals surface area contributed by atoms with Gasteiger partial charge in [0, 0.05) is 24.5 Å². The average molecular weight is 202 g/mol. The number of rotatable bonds is 2. The Hall–Kier alpha value is -1.84. The summed E-state index contributed by atoms with van der Waals surface area (Å²) >= 11 is 0. The zero-order valence-corrected chi connectivity index (χ0v) is 8.94. The highest BCUT2D eigenvalue weighted by atomic mass is 15.3. The zero-order chi connectivity index (χ0) is 10.8. The van der Waals surface area contributed by atoms with Crippen LogP contribution < -0.4 is 5.73 Å². The van der Waals surface area contributed by atoms with Crippen LogP contribution in [0.1, 0.15) is 12.6 Å². The Labute approximate surface area is 88.8 Å². The standard InChI is InChI=1S/C11H14N4/c1-3-15-7-10(8(2)14-15)9-4-5-13-11(12)6-9/h4-7H,3H2,1-2H3,(H2,12,13). The SMILES string of the molecule is CCn1cc(-c2ccnc(N)c2)c(C)n1. The fourth-order valence-electron chi connectivity index (χ4n) is 1.58. The van der Waals surface area contributed by atoms with E-state index in [4.69, 9.17) is 5.73 Å². The minimum Gasteiger partial charge on any atom is -0.384 e. The number of pyridine rings is 1. The van der Waals surface area contributed by atoms with Crippen LogP contribution in [0, 0.1) is 6.92 Å². The van der Waals surface area contributed by atoms with E-state index in [-0.39, 0.29) is 0 Å². The Morgan fingerprint density at radius 2 is 2.27 bits per heavy atom. The van der Waals surface area contributed by atoms with Crippen molar-refractivity contribution in [3.8, 4) is 11.1 Å². The molecule has 0 unspecified atom stereocenters. The van der Waals surface area contributed by atoms with Crippen molar-refractivity contribution in [3.05, 3.63) is 30.2 Å². The van der Waals surface area contributed by atoms with Gasteiger partial charge >= 0.3 is 0 Å². The minimum absolute atomic E-state index is 0.538. The molecular weight excluding hydrogens is 188 g/mol. The molecule has 0 atom stereocenters. The number of aromatic nitrogens is 3. The van der Waals surface area contributed by atoms with Gasteiger partial charge in [0.25, 0.3) is 0 Å². The van der Waals surface area contributed by atoms with Crippen LogP contribution in [0.25, 0.3) is 11.1 Å². The van der Waals surface area contributed by atoms with E-state index in [1.807, 2.05) is 29.9 Å². The monoisotopic (exact) mass is 202 g/mol. The molecule has 0 aliphatic rings. The number of nitrogens with two attached hydrogens (primary N) is 1. The molecule has 0 aliphatic heterocycles. The van der Waals surface area contributed by atoms with Crippen LogP contribution in [0.4, 0.5) is 5.82 Å². The molecule has 0 fully saturated rings. The summed E-state index contributed by atoms with van der Waals surface area (Å²) in [6.07, 6.45) is 3.75. The number of nitrogen functional groups attached to an aromatic ring is 1. The fourth-order valence-corrected chi connectivity index (χ4v) is 1.58. The van der Waals surface area contributed by atoms with Crippen molar-refractivity contribution in [1.29, 1.82) is 0 Å². The maximum atomic E-state index is 5.65. The lowest BCUT2D eigenvalue weighted by Crippen LogP contribution is -1.93. The Morgan fingerprint density at radius 1 is 1.47 bits per heavy atom. The van der Waals surface area contributed by atoms with Gasteiger partial charge in [-0.2, -0.15) is 5.10 Å². The van der Waals surface area contributed by atoms with Gasteiger partial charge in [-0.3, -0.25) is 4.68 Å². The van der Waals surface area contributed by atoms with Gasteiger partial charge in [-0.25, -0.2) is 4.98 Å². The maximum Gasteiger partial charge on any atom is 0.123 e. The minimum atomic E-state index is 0.538. The lowest BCUT2D eigenvalue weighted by atomic mass is 10.1. The summed E-state index contributed by atoms with van der Waals surface area (Å²) in [6.45, 7) is 4.94. The lowest BCUT2D eigenvalue weighted by Gasteiger charge is -1.99. The number of nitrogens with zero attached hydrogens (tertiary/aromatic N) is 3. The molecule has 78 valence electrons. The van der Waals surface area contributed by atoms with E-state index in [0.29, 0.717) is 5.82 Å². The van der Waals surface area contributed by atoms with Gasteiger partial charge < -0.3 is 5.73 Å². The molecule has 0 aromatic carbocycles. The van der Waals surface area contributed by atoms with Gasteiger partial charge in [0.05, 0.1) is 5.69 Å². The Morgan fingerprint density at radius 3 is 2.87 bits per heavy atom. The van der Waals surface area contributed by atoms with E-state index >= 15 is 0 Å². The number of aryl methyl sites for hydroxylation is 2. The normalized spacial score (nSPS) is 10.5. The molecule has 2 N–H and O–H groups in total. The van der Waals surface area contributed by atoms with Crippen LogP contribution in [-0.4, -0.2) is 14.8 Å². The summed E-state index contributed by atoms with van der Waals surface area (Å²) in [5.41, 5.74) is 8.85. The summed E-state index contributed by atoms with van der Waals surface area (Å²) in [6, 6.07) is 3.81. The molecule has 0 aliphatic carbocycles. The highest BCUT2D eigenvalue weighted by Gasteiger charge is 2.06. The van der Waals surface area contributed by atoms with Crippen LogP contribution in [0.15, 0.2) is 24.5 Å². The summed E-state index contributed by atoms with van der Waals surface area (Å²) in [5.74, 6) is 0.538. The molecule has 0 amide bonds. The van der Waals surface area contributed by atoms with Gasteiger partial charge in [-0.1, -0.05) is 0 Å². The largest absolute Gasteiger partial charge is 0.384 e. The Bertz CT molecular complexity index is 473. The van der Waals surface area contributed by atoms with Crippen LogP contribution in [0.5, 0.6) is 0 Å². The first-order chi connectivity index (χ1) is 7.20. The second kappa shape index (κ2) is 3.73. The van der Waals surface area contributed by atoms with Crippen molar-refractivity contribution < 1.29 is 0 Å². The van der Waals surface area contributed by atoms with Crippen LogP contribution in [0.2, 0.25) is 0 Å². The van der Waals surface area contributed by atoms with Crippen LogP contribution in [-0.2, 0) is 6.54 Å². The quantitative estimate of drug-likeness (QED) is 0.808. The molecule has 0 saturated carbocycles. The topological polar surface area (TPSA) is 56.7 Å². The second-order valence-corrected chi connectivity index (χ2v) is 3.45. The molecule has 0 bridgehead atoms. The molecule has 2 rings (SSSR count). The molecule has 4 nitrogen and oxygen atoms in total. The van der Waals surface area contributed by atoms with Gasteiger partial charge in [0.15, 0.2) is 0 Å². The van der Waals surface area contributed by atoms with Gasteiger partial charge in [0.1, 0.15) is 5.82 Å². The molecule has 0 saturated heterocycles. The fraction of sp³-hybridized carbons (Fsp3) is 0.273. The number of anilines is 1. The second-order valence-electron chi connectivity index (χ2n) is 3.45. The van der Waals surface area contributed by atoms with Crippen molar-refractivity contribution >= 4 is 5.82 Å². The number of hydrogen-bond acceptors (Lipinski definition) is 3. The van der Waals surface area contributed by atoms with Gasteiger partial charge in [-0.05, 0) is 31.5 Å². The highest BCUT2D eigenvalue weighted by molar-refractivity contribution is 5.67. The molecule has 2 aromatic rings. The first-order valence-corrected chi connectivity index (χ1v) is 4.96. The van der Waals surface area contributed by atoms with Crippen molar-refractivity contribution in [2.75, 3.05) is 5.73 Å². The van der Waals surface area contributed by atoms with Crippen molar-refractivity contribution in [1.82, 2.24) is 14.8 Å². The molecule has 2 heterocycles. The van der Waals surface area contributed by atoms with E-state index in [9.17, 15) is 0 Å². The Kier molecular flexibility index (Phi) is 2.41. The Balaban J connectivity index is 2.48. The number of hydrogen-bond donors (Lipinski definition) is 1. The third-order valence-corrected chi connectivity index (χ3v) is 2.36. The zero-order valence-electron chi connectivity index (χ0n) is 8.94. The maximum absolute atomic E-state index is 5.65. The van der Waals surface area contributed by atoms with E-state index in [1.54, 1.807) is 6.20 Å². The predicted octanol–water partition coefficient (Wildman–Crippen LogP) is 1.86. The van der Waals surface area contributed by atoms with E-state index in [1.165, 1.54) is 0 Å². The average Bonchev–Trinajstić information content (AvgIpc) is 2.60. The molecule has 2 aromatic heterocycles. The predicted molar refractivity (Wildman–Crippen MR) is 60.3 cm³/mol. The van der Waals surface area contributed by atoms with E-state index in [2.05, 4.69) is 17.0 Å². The third kappa shape index (κ3) is 1.83. The first kappa shape index (κ1) is 9.71. The molecule has 0 spiro atoms. The summed E-state index contributed by atoms with van der Waals surface area (Å²) in [5, 5.41) is 4.39. The molecule has 0 radical (unpaired) electrons. The van der Waals surface area contributed by atoms with E-state index in [0.717, 1.165) is 23.4 Å². The molecule has 4 heteroatoms. The summed E-state index contributed by atoms with van der Waals surface area (Å²) < 4.78 is 1.92. The lowest BCUT2D eigenvalue weighted by molar-refractivity contribution is 0.653. The first-order valence-electron chi connectivity index (χ1n) is 4.96. The molecular formula is C11H14N4. The highest BCUT2D eigenvalue weighted by Crippen LogP contribution is 2.22. The van der Waals surface area contributed by atoms with Gasteiger partial charge in [-0.15, -0.1) is 0 Å². The summed E-state index contributed by atoms with van der Waals surface area (Å²) in [4.78, 5) is 3.97. The smallest absolute Gasteiger partial charge is 0.123 e. The van der Waals surface area contributed by atoms with Crippen LogP contribution >= 0.6 is 0 Å². The van der Waals surface area contributed by atoms with Gasteiger partial charge in [0.2, 0.25) is 0 Å². The molecule has 15 heavy (non-hydrogen) atoms. The van der Waals surface area contributed by atoms with E-state index < -0.39 is 0 Å². The van der Waals surface area contributed by atoms with Crippen molar-refractivity contribution in [2.24, 2.45) is 0 Å².